The van der Waals surface area contributed by atoms with Crippen LogP contribution in [0.2, 0.25) is 0 Å². The Kier molecular flexibility index (Phi) is 4.41. The quantitative estimate of drug-likeness (QED) is 0.901. The Hall–Kier alpha value is -2.29. The summed E-state index contributed by atoms with van der Waals surface area (Å²) in [4.78, 5) is 10.6. The summed E-state index contributed by atoms with van der Waals surface area (Å²) < 4.78 is 5.39. The van der Waals surface area contributed by atoms with E-state index in [0.717, 1.165) is 22.4 Å². The molecule has 3 heteroatoms. The lowest BCUT2D eigenvalue weighted by molar-refractivity contribution is -0.136. The van der Waals surface area contributed by atoms with Crippen molar-refractivity contribution < 1.29 is 14.6 Å². The number of carboxylic acid groups (broad SMARTS) is 1. The molecular formula is C17H18O3. The molecule has 1 N–H and O–H groups in total. The summed E-state index contributed by atoms with van der Waals surface area (Å²) in [7, 11) is 1.66. The van der Waals surface area contributed by atoms with Gasteiger partial charge >= 0.3 is 5.97 Å². The van der Waals surface area contributed by atoms with E-state index in [0.29, 0.717) is 6.42 Å². The molecule has 2 aromatic carbocycles. The Bertz CT molecular complexity index is 600. The van der Waals surface area contributed by atoms with Crippen LogP contribution in [-0.2, 0) is 11.2 Å². The smallest absolute Gasteiger partial charge is 0.303 e. The minimum absolute atomic E-state index is 0.160. The molecule has 0 aliphatic heterocycles. The van der Waals surface area contributed by atoms with Gasteiger partial charge < -0.3 is 9.84 Å². The van der Waals surface area contributed by atoms with Gasteiger partial charge in [0.15, 0.2) is 0 Å². The van der Waals surface area contributed by atoms with Crippen molar-refractivity contribution in [2.75, 3.05) is 7.11 Å². The van der Waals surface area contributed by atoms with Crippen molar-refractivity contribution >= 4 is 5.97 Å². The average molecular weight is 270 g/mol. The first-order valence-electron chi connectivity index (χ1n) is 6.56. The fourth-order valence-electron chi connectivity index (χ4n) is 2.15. The first-order chi connectivity index (χ1) is 9.60. The molecule has 0 atom stereocenters. The summed E-state index contributed by atoms with van der Waals surface area (Å²) in [6.07, 6.45) is 0.716. The van der Waals surface area contributed by atoms with Gasteiger partial charge in [0.25, 0.3) is 0 Å². The highest BCUT2D eigenvalue weighted by Crippen LogP contribution is 2.31. The SMILES string of the molecule is COc1ccc(C)cc1-c1ccc(CCC(=O)O)cc1. The molecule has 0 radical (unpaired) electrons. The van der Waals surface area contributed by atoms with E-state index in [1.165, 1.54) is 5.56 Å². The van der Waals surface area contributed by atoms with Gasteiger partial charge in [-0.05, 0) is 36.6 Å². The van der Waals surface area contributed by atoms with Gasteiger partial charge in [0.2, 0.25) is 0 Å². The molecule has 3 nitrogen and oxygen atoms in total. The summed E-state index contributed by atoms with van der Waals surface area (Å²) in [6.45, 7) is 2.05. The Morgan fingerprint density at radius 1 is 1.15 bits per heavy atom. The molecule has 0 aliphatic carbocycles. The van der Waals surface area contributed by atoms with Gasteiger partial charge in [-0.1, -0.05) is 35.9 Å². The predicted molar refractivity (Wildman–Crippen MR) is 79.1 cm³/mol. The van der Waals surface area contributed by atoms with Crippen LogP contribution in [0, 0.1) is 6.92 Å². The molecule has 104 valence electrons. The van der Waals surface area contributed by atoms with Crippen molar-refractivity contribution in [3.8, 4) is 16.9 Å². The van der Waals surface area contributed by atoms with E-state index in [1.807, 2.05) is 43.3 Å². The van der Waals surface area contributed by atoms with E-state index in [1.54, 1.807) is 7.11 Å². The summed E-state index contributed by atoms with van der Waals surface area (Å²) >= 11 is 0. The zero-order valence-corrected chi connectivity index (χ0v) is 11.7. The van der Waals surface area contributed by atoms with Crippen LogP contribution in [0.15, 0.2) is 42.5 Å². The highest BCUT2D eigenvalue weighted by molar-refractivity contribution is 5.71. The number of aryl methyl sites for hydroxylation is 2. The number of hydrogen-bond donors (Lipinski definition) is 1. The average Bonchev–Trinajstić information content (AvgIpc) is 2.45. The highest BCUT2D eigenvalue weighted by atomic mass is 16.5. The molecule has 0 spiro atoms. The van der Waals surface area contributed by atoms with Crippen molar-refractivity contribution in [2.24, 2.45) is 0 Å². The molecule has 0 saturated heterocycles. The Morgan fingerprint density at radius 3 is 2.45 bits per heavy atom. The lowest BCUT2D eigenvalue weighted by Crippen LogP contribution is -1.97. The van der Waals surface area contributed by atoms with Crippen LogP contribution >= 0.6 is 0 Å². The number of benzene rings is 2. The molecule has 0 bridgehead atoms. The minimum Gasteiger partial charge on any atom is -0.496 e. The number of carboxylic acids is 1. The molecule has 2 aromatic rings. The topological polar surface area (TPSA) is 46.5 Å². The Labute approximate surface area is 118 Å². The zero-order valence-electron chi connectivity index (χ0n) is 11.7. The van der Waals surface area contributed by atoms with Crippen molar-refractivity contribution in [1.29, 1.82) is 0 Å². The number of hydrogen-bond acceptors (Lipinski definition) is 2. The maximum absolute atomic E-state index is 10.6. The van der Waals surface area contributed by atoms with Gasteiger partial charge in [0, 0.05) is 12.0 Å². The van der Waals surface area contributed by atoms with Gasteiger partial charge in [-0.15, -0.1) is 0 Å². The normalized spacial score (nSPS) is 10.3. The molecule has 0 aromatic heterocycles. The maximum atomic E-state index is 10.6. The number of aliphatic carboxylic acids is 1. The van der Waals surface area contributed by atoms with E-state index in [-0.39, 0.29) is 6.42 Å². The third-order valence-electron chi connectivity index (χ3n) is 3.25. The second kappa shape index (κ2) is 6.24. The molecule has 0 unspecified atom stereocenters. The van der Waals surface area contributed by atoms with Crippen LogP contribution < -0.4 is 4.74 Å². The molecule has 0 aliphatic rings. The monoisotopic (exact) mass is 270 g/mol. The van der Waals surface area contributed by atoms with Crippen molar-refractivity contribution in [2.45, 2.75) is 19.8 Å². The van der Waals surface area contributed by atoms with Crippen LogP contribution in [0.3, 0.4) is 0 Å². The fourth-order valence-corrected chi connectivity index (χ4v) is 2.15. The number of methoxy groups -OCH3 is 1. The molecule has 0 amide bonds. The maximum Gasteiger partial charge on any atom is 0.303 e. The number of ether oxygens (including phenoxy) is 1. The first-order valence-corrected chi connectivity index (χ1v) is 6.56. The van der Waals surface area contributed by atoms with E-state index < -0.39 is 5.97 Å². The highest BCUT2D eigenvalue weighted by Gasteiger charge is 2.06. The summed E-state index contributed by atoms with van der Waals surface area (Å²) in [5, 5.41) is 8.69. The second-order valence-corrected chi connectivity index (χ2v) is 4.79. The van der Waals surface area contributed by atoms with Crippen LogP contribution in [0.5, 0.6) is 5.75 Å². The van der Waals surface area contributed by atoms with Crippen molar-refractivity contribution in [1.82, 2.24) is 0 Å². The molecule has 0 saturated carbocycles. The minimum atomic E-state index is -0.769. The third-order valence-corrected chi connectivity index (χ3v) is 3.25. The first kappa shape index (κ1) is 14.1. The third kappa shape index (κ3) is 3.38. The van der Waals surface area contributed by atoms with Gasteiger partial charge in [-0.25, -0.2) is 0 Å². The molecule has 0 fully saturated rings. The number of rotatable bonds is 5. The summed E-state index contributed by atoms with van der Waals surface area (Å²) in [5.41, 5.74) is 4.33. The van der Waals surface area contributed by atoms with Crippen molar-refractivity contribution in [3.05, 3.63) is 53.6 Å². The van der Waals surface area contributed by atoms with E-state index in [2.05, 4.69) is 6.07 Å². The second-order valence-electron chi connectivity index (χ2n) is 4.79. The molecule has 0 heterocycles. The summed E-state index contributed by atoms with van der Waals surface area (Å²) in [6, 6.07) is 14.0. The standard InChI is InChI=1S/C17H18O3/c1-12-3-9-16(20-2)15(11-12)14-7-4-13(5-8-14)6-10-17(18)19/h3-5,7-9,11H,6,10H2,1-2H3,(H,18,19). The summed E-state index contributed by atoms with van der Waals surface area (Å²) in [5.74, 6) is 0.0725. The molecule has 20 heavy (non-hydrogen) atoms. The lowest BCUT2D eigenvalue weighted by atomic mass is 10.00. The van der Waals surface area contributed by atoms with Crippen LogP contribution in [0.4, 0.5) is 0 Å². The van der Waals surface area contributed by atoms with E-state index >= 15 is 0 Å². The Balaban J connectivity index is 2.25. The van der Waals surface area contributed by atoms with Gasteiger partial charge in [0.05, 0.1) is 7.11 Å². The van der Waals surface area contributed by atoms with E-state index in [9.17, 15) is 4.79 Å². The Morgan fingerprint density at radius 2 is 1.85 bits per heavy atom. The fraction of sp³-hybridized carbons (Fsp3) is 0.235. The predicted octanol–water partition coefficient (Wildman–Crippen LogP) is 3.69. The zero-order chi connectivity index (χ0) is 14.5. The van der Waals surface area contributed by atoms with E-state index in [4.69, 9.17) is 9.84 Å². The molecule has 2 rings (SSSR count). The van der Waals surface area contributed by atoms with Crippen LogP contribution in [0.1, 0.15) is 17.5 Å². The van der Waals surface area contributed by atoms with Gasteiger partial charge in [-0.3, -0.25) is 4.79 Å². The largest absolute Gasteiger partial charge is 0.496 e. The number of carbonyl (C=O) groups is 1. The lowest BCUT2D eigenvalue weighted by Gasteiger charge is -2.10. The van der Waals surface area contributed by atoms with Gasteiger partial charge in [-0.2, -0.15) is 0 Å². The van der Waals surface area contributed by atoms with Crippen LogP contribution in [-0.4, -0.2) is 18.2 Å². The van der Waals surface area contributed by atoms with Crippen LogP contribution in [0.25, 0.3) is 11.1 Å². The van der Waals surface area contributed by atoms with Crippen molar-refractivity contribution in [3.63, 3.8) is 0 Å². The molecular weight excluding hydrogens is 252 g/mol. The van der Waals surface area contributed by atoms with Gasteiger partial charge in [0.1, 0.15) is 5.75 Å².